The van der Waals surface area contributed by atoms with Gasteiger partial charge in [0.05, 0.1) is 6.54 Å². The predicted octanol–water partition coefficient (Wildman–Crippen LogP) is 3.22. The van der Waals surface area contributed by atoms with Crippen molar-refractivity contribution < 1.29 is 18.4 Å². The Hall–Kier alpha value is -2.48. The van der Waals surface area contributed by atoms with Crippen molar-refractivity contribution in [2.24, 2.45) is 0 Å². The Morgan fingerprint density at radius 3 is 3.00 bits per heavy atom. The molecule has 8 heteroatoms. The molecule has 2 aromatic rings. The summed E-state index contributed by atoms with van der Waals surface area (Å²) >= 11 is 0. The first-order chi connectivity index (χ1) is 13.2. The highest BCUT2D eigenvalue weighted by atomic mass is 19.1. The fourth-order valence-corrected chi connectivity index (χ4v) is 3.02. The lowest BCUT2D eigenvalue weighted by Gasteiger charge is -2.22. The molecule has 1 aliphatic heterocycles. The summed E-state index contributed by atoms with van der Waals surface area (Å²) in [4.78, 5) is 18.4. The van der Waals surface area contributed by atoms with E-state index in [0.717, 1.165) is 19.3 Å². The minimum atomic E-state index is -0.306. The quantitative estimate of drug-likeness (QED) is 0.765. The number of benzene rings is 1. The molecule has 1 N–H and O–H groups in total. The second kappa shape index (κ2) is 9.45. The van der Waals surface area contributed by atoms with E-state index in [0.29, 0.717) is 43.4 Å². The van der Waals surface area contributed by atoms with Gasteiger partial charge in [0.25, 0.3) is 5.89 Å². The normalized spacial score (nSPS) is 16.4. The van der Waals surface area contributed by atoms with E-state index in [-0.39, 0.29) is 24.5 Å². The Morgan fingerprint density at radius 1 is 1.41 bits per heavy atom. The van der Waals surface area contributed by atoms with Gasteiger partial charge >= 0.3 is 6.03 Å². The number of carbonyl (C=O) groups is 1. The van der Waals surface area contributed by atoms with Crippen molar-refractivity contribution in [1.29, 1.82) is 0 Å². The Kier molecular flexibility index (Phi) is 6.75. The van der Waals surface area contributed by atoms with Crippen LogP contribution in [0.5, 0.6) is 0 Å². The first kappa shape index (κ1) is 19.3. The summed E-state index contributed by atoms with van der Waals surface area (Å²) in [6, 6.07) is 6.26. The van der Waals surface area contributed by atoms with Crippen LogP contribution < -0.4 is 5.32 Å². The number of aromatic nitrogens is 2. The van der Waals surface area contributed by atoms with Crippen LogP contribution in [-0.4, -0.2) is 40.8 Å². The van der Waals surface area contributed by atoms with Gasteiger partial charge in [-0.05, 0) is 25.3 Å². The molecule has 27 heavy (non-hydrogen) atoms. The first-order valence-corrected chi connectivity index (χ1v) is 9.37. The largest absolute Gasteiger partial charge is 0.368 e. The van der Waals surface area contributed by atoms with Gasteiger partial charge in [-0.25, -0.2) is 9.18 Å². The molecule has 0 bridgehead atoms. The van der Waals surface area contributed by atoms with Crippen LogP contribution in [0.2, 0.25) is 0 Å². The molecule has 0 spiro atoms. The maximum absolute atomic E-state index is 13.9. The molecule has 1 saturated heterocycles. The third-order valence-corrected chi connectivity index (χ3v) is 4.41. The van der Waals surface area contributed by atoms with Crippen molar-refractivity contribution in [3.63, 3.8) is 0 Å². The molecule has 146 valence electrons. The number of nitrogens with one attached hydrogen (secondary N) is 1. The number of amides is 2. The van der Waals surface area contributed by atoms with Crippen LogP contribution >= 0.6 is 0 Å². The van der Waals surface area contributed by atoms with Gasteiger partial charge in [0.2, 0.25) is 0 Å². The van der Waals surface area contributed by atoms with Crippen LogP contribution in [-0.2, 0) is 17.7 Å². The molecule has 1 aromatic carbocycles. The molecule has 0 aliphatic carbocycles. The van der Waals surface area contributed by atoms with Crippen molar-refractivity contribution in [2.45, 2.75) is 45.3 Å². The molecule has 1 aliphatic rings. The number of halogens is 1. The molecule has 2 amide bonds. The minimum Gasteiger partial charge on any atom is -0.368 e. The van der Waals surface area contributed by atoms with Gasteiger partial charge in [0.1, 0.15) is 11.9 Å². The highest BCUT2D eigenvalue weighted by Crippen LogP contribution is 2.26. The van der Waals surface area contributed by atoms with Gasteiger partial charge in [-0.3, -0.25) is 0 Å². The highest BCUT2D eigenvalue weighted by molar-refractivity contribution is 5.74. The third kappa shape index (κ3) is 5.26. The number of hydrogen-bond acceptors (Lipinski definition) is 5. The van der Waals surface area contributed by atoms with Gasteiger partial charge in [0, 0.05) is 31.7 Å². The molecular formula is C19H25FN4O3. The van der Waals surface area contributed by atoms with E-state index in [1.54, 1.807) is 23.1 Å². The second-order valence-electron chi connectivity index (χ2n) is 6.55. The summed E-state index contributed by atoms with van der Waals surface area (Å²) in [5.74, 6) is 0.734. The standard InChI is InChI=1S/C19H25FN4O3/c1-2-11-24(13-14-6-3-4-7-15(14)20)19(25)21-10-9-17-22-18(27-23-17)16-8-5-12-26-16/h3-4,6-7,16H,2,5,8-13H2,1H3,(H,21,25)/t16-/m0/s1. The summed E-state index contributed by atoms with van der Waals surface area (Å²) < 4.78 is 24.6. The monoisotopic (exact) mass is 376 g/mol. The molecule has 1 fully saturated rings. The predicted molar refractivity (Wildman–Crippen MR) is 96.4 cm³/mol. The van der Waals surface area contributed by atoms with Gasteiger partial charge < -0.3 is 19.5 Å². The highest BCUT2D eigenvalue weighted by Gasteiger charge is 2.23. The molecule has 1 atom stereocenters. The SMILES string of the molecule is CCCN(Cc1ccccc1F)C(=O)NCCc1noc([C@@H]2CCCO2)n1. The van der Waals surface area contributed by atoms with Crippen LogP contribution in [0.4, 0.5) is 9.18 Å². The summed E-state index contributed by atoms with van der Waals surface area (Å²) in [6.45, 7) is 3.85. The fraction of sp³-hybridized carbons (Fsp3) is 0.526. The molecule has 0 saturated carbocycles. The van der Waals surface area contributed by atoms with E-state index < -0.39 is 0 Å². The third-order valence-electron chi connectivity index (χ3n) is 4.41. The molecule has 2 heterocycles. The van der Waals surface area contributed by atoms with Crippen LogP contribution in [0.15, 0.2) is 28.8 Å². The zero-order valence-corrected chi connectivity index (χ0v) is 15.5. The minimum absolute atomic E-state index is 0.110. The maximum atomic E-state index is 13.9. The van der Waals surface area contributed by atoms with Crippen molar-refractivity contribution in [1.82, 2.24) is 20.4 Å². The Bertz CT molecular complexity index is 746. The molecule has 3 rings (SSSR count). The van der Waals surface area contributed by atoms with Crippen LogP contribution in [0, 0.1) is 5.82 Å². The lowest BCUT2D eigenvalue weighted by molar-refractivity contribution is 0.0835. The Morgan fingerprint density at radius 2 is 2.26 bits per heavy atom. The zero-order chi connectivity index (χ0) is 19.1. The molecular weight excluding hydrogens is 351 g/mol. The van der Waals surface area contributed by atoms with E-state index in [2.05, 4.69) is 15.5 Å². The number of urea groups is 1. The average molecular weight is 376 g/mol. The van der Waals surface area contributed by atoms with E-state index in [1.807, 2.05) is 6.92 Å². The van der Waals surface area contributed by atoms with Gasteiger partial charge in [0.15, 0.2) is 5.82 Å². The lowest BCUT2D eigenvalue weighted by Crippen LogP contribution is -2.41. The number of nitrogens with zero attached hydrogens (tertiary/aromatic N) is 3. The van der Waals surface area contributed by atoms with Gasteiger partial charge in [-0.15, -0.1) is 0 Å². The van der Waals surface area contributed by atoms with E-state index in [9.17, 15) is 9.18 Å². The summed E-state index contributed by atoms with van der Waals surface area (Å²) in [5, 5.41) is 6.78. The molecule has 7 nitrogen and oxygen atoms in total. The van der Waals surface area contributed by atoms with E-state index in [1.165, 1.54) is 6.07 Å². The van der Waals surface area contributed by atoms with Crippen LogP contribution in [0.3, 0.4) is 0 Å². The lowest BCUT2D eigenvalue weighted by atomic mass is 10.2. The topological polar surface area (TPSA) is 80.5 Å². The van der Waals surface area contributed by atoms with Crippen LogP contribution in [0.25, 0.3) is 0 Å². The first-order valence-electron chi connectivity index (χ1n) is 9.37. The summed E-state index contributed by atoms with van der Waals surface area (Å²) in [5.41, 5.74) is 0.500. The summed E-state index contributed by atoms with van der Waals surface area (Å²) in [7, 11) is 0. The number of ether oxygens (including phenoxy) is 1. The van der Waals surface area contributed by atoms with Crippen molar-refractivity contribution in [3.05, 3.63) is 47.4 Å². The van der Waals surface area contributed by atoms with Crippen molar-refractivity contribution in [3.8, 4) is 0 Å². The van der Waals surface area contributed by atoms with E-state index >= 15 is 0 Å². The van der Waals surface area contributed by atoms with Crippen LogP contribution in [0.1, 0.15) is 49.6 Å². The molecule has 1 aromatic heterocycles. The maximum Gasteiger partial charge on any atom is 0.317 e. The summed E-state index contributed by atoms with van der Waals surface area (Å²) in [6.07, 6.45) is 3.02. The zero-order valence-electron chi connectivity index (χ0n) is 15.5. The molecule has 0 radical (unpaired) electrons. The number of carbonyl (C=O) groups excluding carboxylic acids is 1. The number of rotatable bonds is 8. The Balaban J connectivity index is 1.49. The number of hydrogen-bond donors (Lipinski definition) is 1. The van der Waals surface area contributed by atoms with Crippen molar-refractivity contribution in [2.75, 3.05) is 19.7 Å². The fourth-order valence-electron chi connectivity index (χ4n) is 3.02. The Labute approximate surface area is 157 Å². The van der Waals surface area contributed by atoms with Gasteiger partial charge in [-0.1, -0.05) is 30.3 Å². The van der Waals surface area contributed by atoms with E-state index in [4.69, 9.17) is 9.26 Å². The second-order valence-corrected chi connectivity index (χ2v) is 6.55. The van der Waals surface area contributed by atoms with Crippen molar-refractivity contribution >= 4 is 6.03 Å². The average Bonchev–Trinajstić information content (AvgIpc) is 3.34. The van der Waals surface area contributed by atoms with Gasteiger partial charge in [-0.2, -0.15) is 4.98 Å². The molecule has 0 unspecified atom stereocenters. The smallest absolute Gasteiger partial charge is 0.317 e.